The number of halogens is 3. The second kappa shape index (κ2) is 6.65. The van der Waals surface area contributed by atoms with Crippen LogP contribution in [0.5, 0.6) is 0 Å². The third-order valence-electron chi connectivity index (χ3n) is 2.48. The number of nitrogens with one attached hydrogen (secondary N) is 2. The SMILES string of the molecule is CC(C)C(NC(=O)Nc1cc(F)c(Br)cc1F)C(=O)O. The summed E-state index contributed by atoms with van der Waals surface area (Å²) in [5.74, 6) is -3.16. The Labute approximate surface area is 122 Å². The van der Waals surface area contributed by atoms with E-state index in [0.717, 1.165) is 12.1 Å². The standard InChI is InChI=1S/C12H13BrF2N2O3/c1-5(2)10(11(18)19)17-12(20)16-9-4-7(14)6(13)3-8(9)15/h3-5,10H,1-2H3,(H,18,19)(H2,16,17,20). The number of hydrogen-bond donors (Lipinski definition) is 3. The second-order valence-electron chi connectivity index (χ2n) is 4.40. The third kappa shape index (κ3) is 4.16. The van der Waals surface area contributed by atoms with Gasteiger partial charge in [0.15, 0.2) is 0 Å². The molecule has 0 aliphatic carbocycles. The molecular weight excluding hydrogens is 338 g/mol. The molecule has 1 unspecified atom stereocenters. The minimum absolute atomic E-state index is 0.0773. The summed E-state index contributed by atoms with van der Waals surface area (Å²) < 4.78 is 26.7. The molecule has 1 rings (SSSR count). The number of amides is 2. The van der Waals surface area contributed by atoms with E-state index in [4.69, 9.17) is 5.11 Å². The maximum atomic E-state index is 13.5. The van der Waals surface area contributed by atoms with Crippen molar-refractivity contribution in [1.29, 1.82) is 0 Å². The molecule has 0 heterocycles. The van der Waals surface area contributed by atoms with Gasteiger partial charge in [-0.15, -0.1) is 0 Å². The van der Waals surface area contributed by atoms with E-state index in [1.165, 1.54) is 0 Å². The molecule has 0 aromatic heterocycles. The summed E-state index contributed by atoms with van der Waals surface area (Å²) in [6.07, 6.45) is 0. The maximum absolute atomic E-state index is 13.5. The van der Waals surface area contributed by atoms with Crippen molar-refractivity contribution in [1.82, 2.24) is 5.32 Å². The smallest absolute Gasteiger partial charge is 0.326 e. The number of anilines is 1. The lowest BCUT2D eigenvalue weighted by Gasteiger charge is -2.18. The first-order valence-electron chi connectivity index (χ1n) is 5.67. The number of rotatable bonds is 4. The van der Waals surface area contributed by atoms with Crippen molar-refractivity contribution in [3.8, 4) is 0 Å². The third-order valence-corrected chi connectivity index (χ3v) is 3.09. The molecule has 0 aliphatic heterocycles. The number of aliphatic carboxylic acids is 1. The molecule has 8 heteroatoms. The lowest BCUT2D eigenvalue weighted by molar-refractivity contribution is -0.140. The second-order valence-corrected chi connectivity index (χ2v) is 5.26. The Morgan fingerprint density at radius 2 is 1.85 bits per heavy atom. The first-order valence-corrected chi connectivity index (χ1v) is 6.46. The number of carbonyl (C=O) groups is 2. The van der Waals surface area contributed by atoms with Gasteiger partial charge in [0.1, 0.15) is 17.7 Å². The molecule has 2 amide bonds. The molecule has 0 bridgehead atoms. The molecular formula is C12H13BrF2N2O3. The molecule has 0 aliphatic rings. The van der Waals surface area contributed by atoms with Crippen molar-refractivity contribution in [2.45, 2.75) is 19.9 Å². The van der Waals surface area contributed by atoms with E-state index < -0.39 is 29.7 Å². The largest absolute Gasteiger partial charge is 0.480 e. The molecule has 20 heavy (non-hydrogen) atoms. The predicted octanol–water partition coefficient (Wildman–Crippen LogP) is 2.96. The van der Waals surface area contributed by atoms with Crippen LogP contribution >= 0.6 is 15.9 Å². The van der Waals surface area contributed by atoms with Crippen LogP contribution in [0.2, 0.25) is 0 Å². The van der Waals surface area contributed by atoms with Crippen molar-refractivity contribution in [3.05, 3.63) is 28.2 Å². The Hall–Kier alpha value is -1.70. The Kier molecular flexibility index (Phi) is 5.43. The number of hydrogen-bond acceptors (Lipinski definition) is 2. The fraction of sp³-hybridized carbons (Fsp3) is 0.333. The molecule has 1 aromatic carbocycles. The van der Waals surface area contributed by atoms with Crippen molar-refractivity contribution < 1.29 is 23.5 Å². The summed E-state index contributed by atoms with van der Waals surface area (Å²) in [7, 11) is 0. The number of carbonyl (C=O) groups excluding carboxylic acids is 1. The summed E-state index contributed by atoms with van der Waals surface area (Å²) in [6, 6.07) is -0.392. The van der Waals surface area contributed by atoms with Crippen LogP contribution in [0.4, 0.5) is 19.3 Å². The summed E-state index contributed by atoms with van der Waals surface area (Å²) in [5, 5.41) is 13.2. The van der Waals surface area contributed by atoms with Crippen LogP contribution in [0, 0.1) is 17.6 Å². The number of carboxylic acid groups (broad SMARTS) is 1. The van der Waals surface area contributed by atoms with E-state index in [-0.39, 0.29) is 16.1 Å². The van der Waals surface area contributed by atoms with Crippen LogP contribution in [0.3, 0.4) is 0 Å². The zero-order chi connectivity index (χ0) is 15.4. The average molecular weight is 351 g/mol. The van der Waals surface area contributed by atoms with Gasteiger partial charge in [-0.1, -0.05) is 13.8 Å². The molecule has 0 fully saturated rings. The Morgan fingerprint density at radius 1 is 1.25 bits per heavy atom. The van der Waals surface area contributed by atoms with Crippen LogP contribution in [-0.4, -0.2) is 23.1 Å². The summed E-state index contributed by atoms with van der Waals surface area (Å²) >= 11 is 2.80. The van der Waals surface area contributed by atoms with Gasteiger partial charge in [0.2, 0.25) is 0 Å². The van der Waals surface area contributed by atoms with Gasteiger partial charge in [0, 0.05) is 6.07 Å². The quantitative estimate of drug-likeness (QED) is 0.730. The molecule has 0 saturated carbocycles. The van der Waals surface area contributed by atoms with Crippen LogP contribution in [-0.2, 0) is 4.79 Å². The number of urea groups is 1. The monoisotopic (exact) mass is 350 g/mol. The van der Waals surface area contributed by atoms with E-state index in [1.54, 1.807) is 13.8 Å². The van der Waals surface area contributed by atoms with Crippen LogP contribution < -0.4 is 10.6 Å². The van der Waals surface area contributed by atoms with E-state index in [0.29, 0.717) is 0 Å². The Morgan fingerprint density at radius 3 is 2.35 bits per heavy atom. The highest BCUT2D eigenvalue weighted by Gasteiger charge is 2.23. The van der Waals surface area contributed by atoms with E-state index in [1.807, 2.05) is 0 Å². The first-order chi connectivity index (χ1) is 9.22. The first kappa shape index (κ1) is 16.4. The average Bonchev–Trinajstić information content (AvgIpc) is 2.32. The highest BCUT2D eigenvalue weighted by atomic mass is 79.9. The Balaban J connectivity index is 2.81. The fourth-order valence-corrected chi connectivity index (χ4v) is 1.75. The van der Waals surface area contributed by atoms with E-state index in [2.05, 4.69) is 26.6 Å². The summed E-state index contributed by atoms with van der Waals surface area (Å²) in [6.45, 7) is 3.22. The van der Waals surface area contributed by atoms with Crippen molar-refractivity contribution in [3.63, 3.8) is 0 Å². The molecule has 1 atom stereocenters. The van der Waals surface area contributed by atoms with E-state index >= 15 is 0 Å². The van der Waals surface area contributed by atoms with Gasteiger partial charge in [-0.2, -0.15) is 0 Å². The topological polar surface area (TPSA) is 78.4 Å². The van der Waals surface area contributed by atoms with Gasteiger partial charge in [0.05, 0.1) is 10.2 Å². The van der Waals surface area contributed by atoms with Gasteiger partial charge >= 0.3 is 12.0 Å². The highest BCUT2D eigenvalue weighted by Crippen LogP contribution is 2.23. The molecule has 1 aromatic rings. The lowest BCUT2D eigenvalue weighted by Crippen LogP contribution is -2.46. The van der Waals surface area contributed by atoms with Crippen LogP contribution in [0.15, 0.2) is 16.6 Å². The van der Waals surface area contributed by atoms with Crippen molar-refractivity contribution >= 4 is 33.6 Å². The van der Waals surface area contributed by atoms with Crippen LogP contribution in [0.25, 0.3) is 0 Å². The number of benzene rings is 1. The fourth-order valence-electron chi connectivity index (χ4n) is 1.43. The van der Waals surface area contributed by atoms with E-state index in [9.17, 15) is 18.4 Å². The van der Waals surface area contributed by atoms with Gasteiger partial charge in [-0.05, 0) is 27.9 Å². The van der Waals surface area contributed by atoms with Gasteiger partial charge < -0.3 is 15.7 Å². The highest BCUT2D eigenvalue weighted by molar-refractivity contribution is 9.10. The maximum Gasteiger partial charge on any atom is 0.326 e. The molecule has 0 spiro atoms. The molecule has 0 radical (unpaired) electrons. The normalized spacial score (nSPS) is 12.1. The van der Waals surface area contributed by atoms with Gasteiger partial charge in [-0.3, -0.25) is 0 Å². The summed E-state index contributed by atoms with van der Waals surface area (Å²) in [4.78, 5) is 22.5. The zero-order valence-electron chi connectivity index (χ0n) is 10.7. The Bertz CT molecular complexity index is 538. The minimum Gasteiger partial charge on any atom is -0.480 e. The summed E-state index contributed by atoms with van der Waals surface area (Å²) in [5.41, 5.74) is -0.379. The molecule has 0 saturated heterocycles. The van der Waals surface area contributed by atoms with Crippen molar-refractivity contribution in [2.24, 2.45) is 5.92 Å². The van der Waals surface area contributed by atoms with Crippen LogP contribution in [0.1, 0.15) is 13.8 Å². The van der Waals surface area contributed by atoms with Gasteiger partial charge in [0.25, 0.3) is 0 Å². The zero-order valence-corrected chi connectivity index (χ0v) is 12.3. The molecule has 110 valence electrons. The van der Waals surface area contributed by atoms with Crippen molar-refractivity contribution in [2.75, 3.05) is 5.32 Å². The lowest BCUT2D eigenvalue weighted by atomic mass is 10.1. The predicted molar refractivity (Wildman–Crippen MR) is 72.5 cm³/mol. The molecule has 5 nitrogen and oxygen atoms in total. The number of carboxylic acids is 1. The minimum atomic E-state index is -1.21. The molecule has 3 N–H and O–H groups in total. The van der Waals surface area contributed by atoms with Gasteiger partial charge in [-0.25, -0.2) is 18.4 Å².